The number of hydrogen-bond donors (Lipinski definition) is 1. The quantitative estimate of drug-likeness (QED) is 0.103. The summed E-state index contributed by atoms with van der Waals surface area (Å²) in [7, 11) is 1.60. The summed E-state index contributed by atoms with van der Waals surface area (Å²) in [4.78, 5) is 11.3. The van der Waals surface area contributed by atoms with Crippen LogP contribution in [0.2, 0.25) is 0 Å². The van der Waals surface area contributed by atoms with Gasteiger partial charge in [0.25, 0.3) is 0 Å². The van der Waals surface area contributed by atoms with E-state index in [1.54, 1.807) is 0 Å². The standard InChI is InChI=1S/C24H21P4.CHO3.2K.Pd/c1-5-13-21(14-6-1)25-27(23-17-9-3-10-18-23)28(24-19-11-4-12-20-24)26-22-15-7-2-8-16-22;2-1-4-3;;;/h1-20,25H;3H;;;/q2*-1;;+1;. The SMILES string of the molecule is O=[C-]OO.[K+].[K].[Pd].c1ccc([P-]P(c2ccccc2)P(Pc2ccccc2)c2ccccc2)cc1. The van der Waals surface area contributed by atoms with Crippen LogP contribution >= 0.6 is 31.1 Å². The molecule has 4 aromatic carbocycles. The van der Waals surface area contributed by atoms with E-state index >= 15 is 0 Å². The maximum Gasteiger partial charge on any atom is 1.00 e. The summed E-state index contributed by atoms with van der Waals surface area (Å²) in [5, 5.41) is 12.8. The van der Waals surface area contributed by atoms with Crippen molar-refractivity contribution in [3.8, 4) is 0 Å². The summed E-state index contributed by atoms with van der Waals surface area (Å²) >= 11 is 0. The van der Waals surface area contributed by atoms with Crippen LogP contribution in [0.5, 0.6) is 0 Å². The van der Waals surface area contributed by atoms with Crippen molar-refractivity contribution in [3.63, 3.8) is 0 Å². The fourth-order valence-electron chi connectivity index (χ4n) is 2.81. The van der Waals surface area contributed by atoms with E-state index in [-0.39, 0.29) is 138 Å². The molecule has 0 saturated heterocycles. The fraction of sp³-hybridized carbons (Fsp3) is 0. The maximum atomic E-state index is 8.58. The van der Waals surface area contributed by atoms with Crippen LogP contribution in [0, 0.1) is 0 Å². The van der Waals surface area contributed by atoms with Gasteiger partial charge in [-0.15, -0.1) is 0 Å². The third-order valence-corrected chi connectivity index (χ3v) is 20.9. The molecule has 4 rings (SSSR count). The minimum atomic E-state index is -0.346. The van der Waals surface area contributed by atoms with Crippen molar-refractivity contribution in [1.82, 2.24) is 0 Å². The van der Waals surface area contributed by atoms with Gasteiger partial charge in [-0.3, -0.25) is 0 Å². The van der Waals surface area contributed by atoms with E-state index in [4.69, 9.17) is 10.1 Å². The summed E-state index contributed by atoms with van der Waals surface area (Å²) in [5.74, 6) is 0. The molecule has 1 radical (unpaired) electrons. The third kappa shape index (κ3) is 13.7. The van der Waals surface area contributed by atoms with E-state index in [0.29, 0.717) is 0 Å². The van der Waals surface area contributed by atoms with Crippen LogP contribution in [0.1, 0.15) is 0 Å². The Kier molecular flexibility index (Phi) is 24.0. The van der Waals surface area contributed by atoms with E-state index < -0.39 is 0 Å². The van der Waals surface area contributed by atoms with Crippen molar-refractivity contribution in [2.75, 3.05) is 0 Å². The Morgan fingerprint density at radius 1 is 0.714 bits per heavy atom. The van der Waals surface area contributed by atoms with Crippen molar-refractivity contribution in [3.05, 3.63) is 121 Å². The van der Waals surface area contributed by atoms with E-state index in [0.717, 1.165) is 14.7 Å². The van der Waals surface area contributed by atoms with Gasteiger partial charge in [0.1, 0.15) is 0 Å². The van der Waals surface area contributed by atoms with Gasteiger partial charge >= 0.3 is 51.4 Å². The summed E-state index contributed by atoms with van der Waals surface area (Å²) in [5.41, 5.74) is 0. The van der Waals surface area contributed by atoms with Gasteiger partial charge in [0.2, 0.25) is 0 Å². The molecule has 35 heavy (non-hydrogen) atoms. The van der Waals surface area contributed by atoms with Crippen molar-refractivity contribution >= 4 is 110 Å². The Morgan fingerprint density at radius 3 is 1.57 bits per heavy atom. The van der Waals surface area contributed by atoms with Crippen molar-refractivity contribution in [2.24, 2.45) is 0 Å². The first-order chi connectivity index (χ1) is 15.8. The van der Waals surface area contributed by atoms with Crippen LogP contribution in [0.25, 0.3) is 0 Å². The molecule has 0 amide bonds. The molecule has 0 aliphatic heterocycles. The van der Waals surface area contributed by atoms with E-state index in [1.165, 1.54) is 29.5 Å². The molecule has 0 bridgehead atoms. The molecule has 3 atom stereocenters. The molecular weight excluding hydrogens is 657 g/mol. The molecule has 0 saturated carbocycles. The van der Waals surface area contributed by atoms with Gasteiger partial charge in [-0.25, -0.2) is 5.26 Å². The summed E-state index contributed by atoms with van der Waals surface area (Å²) < 4.78 is 0. The van der Waals surface area contributed by atoms with E-state index in [1.807, 2.05) is 0 Å². The second-order valence-electron chi connectivity index (χ2n) is 6.36. The van der Waals surface area contributed by atoms with Gasteiger partial charge in [0.15, 0.2) is 0 Å². The molecule has 173 valence electrons. The number of rotatable bonds is 8. The first-order valence-electron chi connectivity index (χ1n) is 9.78. The minimum absolute atomic E-state index is 0. The third-order valence-electron chi connectivity index (χ3n) is 4.19. The average molecular weight is 679 g/mol. The molecule has 0 spiro atoms. The van der Waals surface area contributed by atoms with Gasteiger partial charge in [0.05, 0.1) is 0 Å². The van der Waals surface area contributed by atoms with Crippen LogP contribution in [0.15, 0.2) is 121 Å². The van der Waals surface area contributed by atoms with Gasteiger partial charge in [-0.05, 0) is 29.7 Å². The Hall–Kier alpha value is 1.97. The molecule has 0 aliphatic carbocycles. The second-order valence-corrected chi connectivity index (χ2v) is 18.4. The topological polar surface area (TPSA) is 46.5 Å². The monoisotopic (exact) mass is 678 g/mol. The van der Waals surface area contributed by atoms with Crippen LogP contribution in [-0.4, -0.2) is 63.1 Å². The van der Waals surface area contributed by atoms with Crippen LogP contribution < -0.4 is 72.6 Å². The minimum Gasteiger partial charge on any atom is -0.509 e. The summed E-state index contributed by atoms with van der Waals surface area (Å²) in [6.07, 6.45) is 0. The van der Waals surface area contributed by atoms with E-state index in [9.17, 15) is 0 Å². The zero-order chi connectivity index (χ0) is 22.4. The van der Waals surface area contributed by atoms with Crippen LogP contribution in [0.4, 0.5) is 0 Å². The molecule has 10 heteroatoms. The van der Waals surface area contributed by atoms with Crippen molar-refractivity contribution in [2.45, 2.75) is 0 Å². The summed E-state index contributed by atoms with van der Waals surface area (Å²) in [6, 6.07) is 44.3. The molecule has 0 aromatic heterocycles. The fourth-order valence-corrected chi connectivity index (χ4v) is 20.2. The average Bonchev–Trinajstić information content (AvgIpc) is 2.88. The largest absolute Gasteiger partial charge is 1.00 e. The number of carbonyl (C=O) groups excluding carboxylic acids is 1. The zero-order valence-electron chi connectivity index (χ0n) is 19.5. The molecular formula is C25H22K2O3P4Pd-. The number of benzene rings is 4. The Bertz CT molecular complexity index is 970. The van der Waals surface area contributed by atoms with E-state index in [2.05, 4.69) is 126 Å². The molecule has 0 aliphatic rings. The molecule has 1 N–H and O–H groups in total. The molecule has 4 aromatic rings. The van der Waals surface area contributed by atoms with Crippen LogP contribution in [0.3, 0.4) is 0 Å². The Balaban J connectivity index is 0.00000154. The predicted octanol–water partition coefficient (Wildman–Crippen LogP) is 2.79. The van der Waals surface area contributed by atoms with Crippen molar-refractivity contribution in [1.29, 1.82) is 0 Å². The predicted molar refractivity (Wildman–Crippen MR) is 149 cm³/mol. The Morgan fingerprint density at radius 2 is 1.11 bits per heavy atom. The van der Waals surface area contributed by atoms with Gasteiger partial charge in [-0.2, -0.15) is 12.6 Å². The molecule has 0 fully saturated rings. The first-order valence-corrected chi connectivity index (χ1v) is 16.6. The molecule has 3 unspecified atom stereocenters. The molecule has 3 nitrogen and oxygen atoms in total. The second kappa shape index (κ2) is 22.7. The normalized spacial score (nSPS) is 11.7. The van der Waals surface area contributed by atoms with Crippen LogP contribution in [-0.2, 0) is 30.1 Å². The maximum absolute atomic E-state index is 8.58. The van der Waals surface area contributed by atoms with Gasteiger partial charge in [-0.1, -0.05) is 130 Å². The zero-order valence-corrected chi connectivity index (χ0v) is 31.0. The smallest absolute Gasteiger partial charge is 0.509 e. The van der Waals surface area contributed by atoms with Crippen molar-refractivity contribution < 1.29 is 86.7 Å². The number of hydrogen-bond acceptors (Lipinski definition) is 3. The first kappa shape index (κ1) is 37.0. The van der Waals surface area contributed by atoms with Gasteiger partial charge < -0.3 is 18.0 Å². The Labute approximate surface area is 312 Å². The van der Waals surface area contributed by atoms with Gasteiger partial charge in [0, 0.05) is 71.8 Å². The summed E-state index contributed by atoms with van der Waals surface area (Å²) in [6.45, 7) is 0.736. The molecule has 0 heterocycles.